The monoisotopic (exact) mass is 584 g/mol. The first-order chi connectivity index (χ1) is 19.2. The Balaban J connectivity index is 1.23. The summed E-state index contributed by atoms with van der Waals surface area (Å²) in [5.41, 5.74) is 3.16. The number of nitrogens with zero attached hydrogens (tertiary/aromatic N) is 4. The minimum Gasteiger partial charge on any atom is -0.393 e. The van der Waals surface area contributed by atoms with E-state index < -0.39 is 22.3 Å². The number of ether oxygens (including phenoxy) is 1. The highest BCUT2D eigenvalue weighted by Gasteiger charge is 2.35. The van der Waals surface area contributed by atoms with Gasteiger partial charge in [0.1, 0.15) is 24.1 Å². The molecule has 0 spiro atoms. The summed E-state index contributed by atoms with van der Waals surface area (Å²) in [5.74, 6) is 0.491. The summed E-state index contributed by atoms with van der Waals surface area (Å²) in [6.07, 6.45) is 2.38. The summed E-state index contributed by atoms with van der Waals surface area (Å²) in [6.45, 7) is 2.99. The number of anilines is 1. The minimum atomic E-state index is -4.10. The smallest absolute Gasteiger partial charge is 0.333 e. The molecule has 1 aliphatic heterocycles. The first kappa shape index (κ1) is 26.9. The number of imidazole rings is 1. The SMILES string of the molecule is Cc1sc(C(=O)c2cncnc2N[C@@H]2C[C@H](COS(N)(=O)=O)[C@@H](O)C2)cc1C1OCCn2c1nc1ccccc12. The zero-order chi connectivity index (χ0) is 28.0. The van der Waals surface area contributed by atoms with E-state index in [1.54, 1.807) is 0 Å². The number of nitrogens with two attached hydrogens (primary N) is 1. The van der Waals surface area contributed by atoms with E-state index in [0.29, 0.717) is 42.3 Å². The van der Waals surface area contributed by atoms with Crippen molar-refractivity contribution >= 4 is 44.3 Å². The maximum absolute atomic E-state index is 13.7. The van der Waals surface area contributed by atoms with Gasteiger partial charge >= 0.3 is 10.3 Å². The zero-order valence-corrected chi connectivity index (χ0v) is 23.2. The molecular weight excluding hydrogens is 556 g/mol. The maximum Gasteiger partial charge on any atom is 0.333 e. The summed E-state index contributed by atoms with van der Waals surface area (Å²) in [6, 6.07) is 9.59. The molecule has 1 aromatic carbocycles. The number of ketones is 1. The van der Waals surface area contributed by atoms with Crippen LogP contribution >= 0.6 is 11.3 Å². The molecule has 4 heterocycles. The van der Waals surface area contributed by atoms with E-state index in [9.17, 15) is 18.3 Å². The number of rotatable bonds is 8. The second-order valence-electron chi connectivity index (χ2n) is 10.0. The molecule has 4 atom stereocenters. The molecule has 2 aliphatic rings. The second-order valence-corrected chi connectivity index (χ2v) is 12.5. The molecule has 1 unspecified atom stereocenters. The summed E-state index contributed by atoms with van der Waals surface area (Å²) in [4.78, 5) is 28.4. The van der Waals surface area contributed by atoms with Gasteiger partial charge in [-0.3, -0.25) is 8.98 Å². The van der Waals surface area contributed by atoms with E-state index in [1.807, 2.05) is 37.3 Å². The van der Waals surface area contributed by atoms with Crippen molar-refractivity contribution in [1.82, 2.24) is 19.5 Å². The minimum absolute atomic E-state index is 0.220. The first-order valence-electron chi connectivity index (χ1n) is 12.8. The number of nitrogens with one attached hydrogen (secondary N) is 1. The van der Waals surface area contributed by atoms with Gasteiger partial charge in [0.2, 0.25) is 5.78 Å². The molecule has 1 saturated carbocycles. The number of hydrogen-bond donors (Lipinski definition) is 3. The Hall–Kier alpha value is -3.27. The van der Waals surface area contributed by atoms with Crippen molar-refractivity contribution in [3.63, 3.8) is 0 Å². The second kappa shape index (κ2) is 10.6. The van der Waals surface area contributed by atoms with Crippen LogP contribution in [0.4, 0.5) is 5.82 Å². The number of carbonyl (C=O) groups excluding carboxylic acids is 1. The van der Waals surface area contributed by atoms with Gasteiger partial charge < -0.3 is 19.7 Å². The van der Waals surface area contributed by atoms with Gasteiger partial charge in [-0.1, -0.05) is 12.1 Å². The summed E-state index contributed by atoms with van der Waals surface area (Å²) in [5, 5.41) is 18.5. The number of aromatic nitrogens is 4. The molecule has 4 N–H and O–H groups in total. The molecule has 3 aromatic heterocycles. The van der Waals surface area contributed by atoms with Crippen LogP contribution in [0.3, 0.4) is 0 Å². The highest BCUT2D eigenvalue weighted by molar-refractivity contribution is 7.84. The van der Waals surface area contributed by atoms with E-state index in [-0.39, 0.29) is 24.5 Å². The zero-order valence-electron chi connectivity index (χ0n) is 21.6. The van der Waals surface area contributed by atoms with Crippen molar-refractivity contribution in [2.24, 2.45) is 11.1 Å². The Bertz CT molecular complexity index is 1690. The van der Waals surface area contributed by atoms with Crippen LogP contribution in [0.25, 0.3) is 11.0 Å². The number of aliphatic hydroxyl groups excluding tert-OH is 1. The number of para-hydroxylation sites is 2. The molecule has 0 amide bonds. The quantitative estimate of drug-likeness (QED) is 0.261. The third kappa shape index (κ3) is 5.25. The molecule has 14 heteroatoms. The summed E-state index contributed by atoms with van der Waals surface area (Å²) < 4.78 is 35.3. The van der Waals surface area contributed by atoms with Gasteiger partial charge in [-0.15, -0.1) is 11.3 Å². The fraction of sp³-hybridized carbons (Fsp3) is 0.385. The molecule has 40 heavy (non-hydrogen) atoms. The van der Waals surface area contributed by atoms with Gasteiger partial charge in [-0.2, -0.15) is 8.42 Å². The molecule has 0 saturated heterocycles. The average Bonchev–Trinajstić information content (AvgIpc) is 3.61. The van der Waals surface area contributed by atoms with E-state index in [1.165, 1.54) is 23.9 Å². The third-order valence-corrected chi connectivity index (χ3v) is 8.91. The van der Waals surface area contributed by atoms with Crippen molar-refractivity contribution in [3.05, 3.63) is 69.6 Å². The predicted molar refractivity (Wildman–Crippen MR) is 147 cm³/mol. The van der Waals surface area contributed by atoms with E-state index >= 15 is 0 Å². The Labute approximate surface area is 234 Å². The number of thiophene rings is 1. The number of fused-ring (bicyclic) bond motifs is 3. The summed E-state index contributed by atoms with van der Waals surface area (Å²) in [7, 11) is -4.10. The van der Waals surface area contributed by atoms with Crippen LogP contribution in [0.15, 0.2) is 42.9 Å². The van der Waals surface area contributed by atoms with Crippen molar-refractivity contribution in [2.75, 3.05) is 18.5 Å². The Morgan fingerprint density at radius 2 is 2.15 bits per heavy atom. The molecular formula is C26H28N6O6S2. The first-order valence-corrected chi connectivity index (χ1v) is 15.1. The molecule has 4 aromatic rings. The standard InChI is InChI=1S/C26H28N6O6S2/c1-14-17(24-26-31-19-4-2-3-5-20(19)32(26)6-7-37-24)10-22(39-14)23(34)18-11-28-13-29-25(18)30-16-8-15(21(33)9-16)12-38-40(27,35)36/h2-5,10-11,13,15-16,21,24,33H,6-9,12H2,1H3,(H2,27,35,36)(H,28,29,30)/t15-,16-,21+,24?/m1/s1. The van der Waals surface area contributed by atoms with Gasteiger partial charge in [0.05, 0.1) is 40.8 Å². The van der Waals surface area contributed by atoms with Crippen LogP contribution in [0.1, 0.15) is 50.4 Å². The highest BCUT2D eigenvalue weighted by atomic mass is 32.2. The Kier molecular flexibility index (Phi) is 7.14. The number of hydrogen-bond acceptors (Lipinski definition) is 11. The number of carbonyl (C=O) groups is 1. The summed E-state index contributed by atoms with van der Waals surface area (Å²) >= 11 is 1.38. The molecule has 0 radical (unpaired) electrons. The van der Waals surface area contributed by atoms with Gasteiger partial charge in [-0.25, -0.2) is 20.1 Å². The van der Waals surface area contributed by atoms with Crippen LogP contribution in [0.5, 0.6) is 0 Å². The van der Waals surface area contributed by atoms with Crippen molar-refractivity contribution in [1.29, 1.82) is 0 Å². The fourth-order valence-electron chi connectivity index (χ4n) is 5.48. The highest BCUT2D eigenvalue weighted by Crippen LogP contribution is 2.38. The number of benzene rings is 1. The lowest BCUT2D eigenvalue weighted by Crippen LogP contribution is -2.24. The van der Waals surface area contributed by atoms with E-state index in [0.717, 1.165) is 27.3 Å². The van der Waals surface area contributed by atoms with Crippen molar-refractivity contribution in [3.8, 4) is 0 Å². The molecule has 12 nitrogen and oxygen atoms in total. The molecule has 1 fully saturated rings. The van der Waals surface area contributed by atoms with Gasteiger partial charge in [0.15, 0.2) is 0 Å². The van der Waals surface area contributed by atoms with E-state index in [2.05, 4.69) is 24.0 Å². The fourth-order valence-corrected chi connectivity index (χ4v) is 6.85. The lowest BCUT2D eigenvalue weighted by molar-refractivity contribution is 0.0441. The van der Waals surface area contributed by atoms with Gasteiger partial charge in [0, 0.05) is 35.1 Å². The lowest BCUT2D eigenvalue weighted by Gasteiger charge is -2.24. The normalized spacial score (nSPS) is 22.9. The van der Waals surface area contributed by atoms with E-state index in [4.69, 9.17) is 14.9 Å². The average molecular weight is 585 g/mol. The number of aliphatic hydroxyl groups is 1. The maximum atomic E-state index is 13.7. The van der Waals surface area contributed by atoms with Crippen LogP contribution < -0.4 is 10.5 Å². The predicted octanol–water partition coefficient (Wildman–Crippen LogP) is 2.32. The molecule has 210 valence electrons. The lowest BCUT2D eigenvalue weighted by atomic mass is 10.1. The topological polar surface area (TPSA) is 172 Å². The van der Waals surface area contributed by atoms with Crippen LogP contribution in [0.2, 0.25) is 0 Å². The van der Waals surface area contributed by atoms with Crippen LogP contribution in [-0.2, 0) is 25.8 Å². The Morgan fingerprint density at radius 1 is 1.32 bits per heavy atom. The van der Waals surface area contributed by atoms with Gasteiger partial charge in [0.25, 0.3) is 0 Å². The third-order valence-electron chi connectivity index (χ3n) is 7.38. The van der Waals surface area contributed by atoms with Crippen LogP contribution in [-0.4, -0.2) is 64.2 Å². The molecule has 6 rings (SSSR count). The Morgan fingerprint density at radius 3 is 2.98 bits per heavy atom. The van der Waals surface area contributed by atoms with Crippen molar-refractivity contribution < 1.29 is 27.2 Å². The van der Waals surface area contributed by atoms with Gasteiger partial charge in [-0.05, 0) is 38.0 Å². The van der Waals surface area contributed by atoms with Crippen molar-refractivity contribution in [2.45, 2.75) is 44.6 Å². The molecule has 1 aliphatic carbocycles. The largest absolute Gasteiger partial charge is 0.393 e. The van der Waals surface area contributed by atoms with Crippen LogP contribution in [0, 0.1) is 12.8 Å². The molecule has 0 bridgehead atoms. The number of aryl methyl sites for hydroxylation is 1.